The Kier molecular flexibility index (Phi) is 9.52. The van der Waals surface area contributed by atoms with Crippen LogP contribution in [-0.4, -0.2) is 37.2 Å². The van der Waals surface area contributed by atoms with Gasteiger partial charge in [0.15, 0.2) is 0 Å². The number of anilines is 1. The number of nitrogens with one attached hydrogen (secondary N) is 2. The molecule has 2 atom stereocenters. The third-order valence-corrected chi connectivity index (χ3v) is 8.90. The molecule has 2 amide bonds. The summed E-state index contributed by atoms with van der Waals surface area (Å²) in [4.78, 5) is 29.6. The highest BCUT2D eigenvalue weighted by molar-refractivity contribution is 5.99. The number of hydrogen-bond donors (Lipinski definition) is 2. The summed E-state index contributed by atoms with van der Waals surface area (Å²) in [6, 6.07) is 27.9. The minimum atomic E-state index is -4.52. The van der Waals surface area contributed by atoms with Crippen molar-refractivity contribution in [3.05, 3.63) is 113 Å². The highest BCUT2D eigenvalue weighted by Crippen LogP contribution is 2.49. The van der Waals surface area contributed by atoms with Crippen molar-refractivity contribution < 1.29 is 27.5 Å². The van der Waals surface area contributed by atoms with Crippen molar-refractivity contribution in [2.75, 3.05) is 18.0 Å². The summed E-state index contributed by atoms with van der Waals surface area (Å²) < 4.78 is 45.6. The number of nitrogens with zero attached hydrogens (tertiary/aromatic N) is 1. The van der Waals surface area contributed by atoms with Crippen molar-refractivity contribution in [3.8, 4) is 22.6 Å². The maximum absolute atomic E-state index is 13.8. The van der Waals surface area contributed by atoms with Gasteiger partial charge >= 0.3 is 6.18 Å². The Morgan fingerprint density at radius 2 is 1.64 bits per heavy atom. The van der Waals surface area contributed by atoms with Crippen molar-refractivity contribution in [2.24, 2.45) is 0 Å². The SMILES string of the molecule is CCCCc1c(N2CCCCC2NC(=O)c2ccccc2Oc2ccccc2)ccc2c1C(C(=O)NCC(F)(F)F)c1ccccc1-2. The lowest BCUT2D eigenvalue weighted by Crippen LogP contribution is -2.51. The van der Waals surface area contributed by atoms with Gasteiger partial charge in [0.1, 0.15) is 24.2 Å². The molecule has 244 valence electrons. The van der Waals surface area contributed by atoms with Gasteiger partial charge in [0.2, 0.25) is 5.91 Å². The van der Waals surface area contributed by atoms with E-state index < -0.39 is 24.5 Å². The summed E-state index contributed by atoms with van der Waals surface area (Å²) in [5, 5.41) is 5.41. The second-order valence-electron chi connectivity index (χ2n) is 12.1. The van der Waals surface area contributed by atoms with Crippen LogP contribution in [0.3, 0.4) is 0 Å². The Balaban J connectivity index is 1.35. The first-order valence-electron chi connectivity index (χ1n) is 16.2. The molecule has 1 fully saturated rings. The number of para-hydroxylation sites is 2. The molecule has 0 saturated carbocycles. The predicted octanol–water partition coefficient (Wildman–Crippen LogP) is 8.36. The van der Waals surface area contributed by atoms with E-state index in [1.54, 1.807) is 18.2 Å². The van der Waals surface area contributed by atoms with Crippen LogP contribution in [0.5, 0.6) is 11.5 Å². The number of alkyl halides is 3. The molecule has 6 rings (SSSR count). The van der Waals surface area contributed by atoms with Crippen LogP contribution in [0, 0.1) is 0 Å². The van der Waals surface area contributed by atoms with Crippen LogP contribution in [0.2, 0.25) is 0 Å². The molecule has 2 aliphatic rings. The standard InChI is InChI=1S/C38H38F3N3O3/c1-2-3-15-29-31(22-21-28-26-16-7-8-17-27(26)35(34(28)29)37(46)42-24-38(39,40)41)44-23-12-11-20-33(44)43-36(45)30-18-9-10-19-32(30)47-25-13-5-4-6-14-25/h4-10,13-14,16-19,21-22,33,35H,2-3,11-12,15,20,23-24H2,1H3,(H,42,46)(H,43,45). The van der Waals surface area contributed by atoms with Crippen molar-refractivity contribution >= 4 is 17.5 Å². The molecule has 4 aromatic rings. The second kappa shape index (κ2) is 13.9. The number of benzene rings is 4. The molecule has 9 heteroatoms. The number of carbonyl (C=O) groups excluding carboxylic acids is 2. The van der Waals surface area contributed by atoms with Gasteiger partial charge in [0, 0.05) is 12.2 Å². The van der Waals surface area contributed by atoms with E-state index in [1.807, 2.05) is 72.8 Å². The summed E-state index contributed by atoms with van der Waals surface area (Å²) in [5.41, 5.74) is 5.45. The first-order chi connectivity index (χ1) is 22.7. The summed E-state index contributed by atoms with van der Waals surface area (Å²) in [6.07, 6.45) is 0.0938. The Bertz CT molecular complexity index is 1740. The third kappa shape index (κ3) is 6.99. The van der Waals surface area contributed by atoms with Gasteiger partial charge in [-0.15, -0.1) is 0 Å². The fourth-order valence-electron chi connectivity index (χ4n) is 6.77. The van der Waals surface area contributed by atoms with Crippen molar-refractivity contribution in [2.45, 2.75) is 63.7 Å². The average molecular weight is 642 g/mol. The number of carbonyl (C=O) groups is 2. The van der Waals surface area contributed by atoms with Crippen LogP contribution in [0.15, 0.2) is 91.0 Å². The number of amides is 2. The average Bonchev–Trinajstić information content (AvgIpc) is 3.41. The molecule has 1 aliphatic heterocycles. The van der Waals surface area contributed by atoms with E-state index in [0.29, 0.717) is 42.0 Å². The molecule has 0 bridgehead atoms. The van der Waals surface area contributed by atoms with Crippen LogP contribution in [0.25, 0.3) is 11.1 Å². The molecule has 1 aliphatic carbocycles. The summed E-state index contributed by atoms with van der Waals surface area (Å²) in [5.74, 6) is -0.718. The highest BCUT2D eigenvalue weighted by Gasteiger charge is 2.39. The molecule has 2 unspecified atom stereocenters. The van der Waals surface area contributed by atoms with Gasteiger partial charge < -0.3 is 20.3 Å². The largest absolute Gasteiger partial charge is 0.457 e. The van der Waals surface area contributed by atoms with Crippen LogP contribution in [-0.2, 0) is 11.2 Å². The minimum Gasteiger partial charge on any atom is -0.457 e. The Morgan fingerprint density at radius 1 is 0.894 bits per heavy atom. The van der Waals surface area contributed by atoms with E-state index in [0.717, 1.165) is 53.6 Å². The smallest absolute Gasteiger partial charge is 0.405 e. The van der Waals surface area contributed by atoms with E-state index in [9.17, 15) is 22.8 Å². The minimum absolute atomic E-state index is 0.262. The highest BCUT2D eigenvalue weighted by atomic mass is 19.4. The predicted molar refractivity (Wildman–Crippen MR) is 177 cm³/mol. The maximum Gasteiger partial charge on any atom is 0.405 e. The number of piperidine rings is 1. The van der Waals surface area contributed by atoms with Gasteiger partial charge in [0.25, 0.3) is 5.91 Å². The molecule has 6 nitrogen and oxygen atoms in total. The first-order valence-corrected chi connectivity index (χ1v) is 16.2. The fraction of sp³-hybridized carbons (Fsp3) is 0.316. The monoisotopic (exact) mass is 641 g/mol. The number of hydrogen-bond acceptors (Lipinski definition) is 4. The molecule has 0 aromatic heterocycles. The normalized spacial score (nSPS) is 17.1. The van der Waals surface area contributed by atoms with E-state index in [-0.39, 0.29) is 12.1 Å². The van der Waals surface area contributed by atoms with Crippen LogP contribution < -0.4 is 20.3 Å². The molecule has 1 saturated heterocycles. The van der Waals surface area contributed by atoms with Gasteiger partial charge in [-0.1, -0.05) is 74.0 Å². The van der Waals surface area contributed by atoms with Gasteiger partial charge in [0.05, 0.1) is 11.5 Å². The number of rotatable bonds is 10. The van der Waals surface area contributed by atoms with Gasteiger partial charge in [-0.3, -0.25) is 9.59 Å². The quantitative estimate of drug-likeness (QED) is 0.183. The maximum atomic E-state index is 13.8. The van der Waals surface area contributed by atoms with E-state index >= 15 is 0 Å². The number of ether oxygens (including phenoxy) is 1. The summed E-state index contributed by atoms with van der Waals surface area (Å²) in [7, 11) is 0. The Morgan fingerprint density at radius 3 is 2.43 bits per heavy atom. The van der Waals surface area contributed by atoms with E-state index in [1.165, 1.54) is 0 Å². The first kappa shape index (κ1) is 32.2. The molecule has 0 spiro atoms. The summed E-state index contributed by atoms with van der Waals surface area (Å²) in [6.45, 7) is 1.38. The zero-order valence-electron chi connectivity index (χ0n) is 26.3. The zero-order valence-corrected chi connectivity index (χ0v) is 26.3. The Hall–Kier alpha value is -4.79. The van der Waals surface area contributed by atoms with Gasteiger partial charge in [-0.2, -0.15) is 13.2 Å². The fourth-order valence-corrected chi connectivity index (χ4v) is 6.77. The van der Waals surface area contributed by atoms with Crippen LogP contribution in [0.4, 0.5) is 18.9 Å². The van der Waals surface area contributed by atoms with Crippen LogP contribution >= 0.6 is 0 Å². The topological polar surface area (TPSA) is 70.7 Å². The van der Waals surface area contributed by atoms with Crippen LogP contribution in [0.1, 0.15) is 72.0 Å². The second-order valence-corrected chi connectivity index (χ2v) is 12.1. The third-order valence-electron chi connectivity index (χ3n) is 8.90. The Labute approximate surface area is 272 Å². The lowest BCUT2D eigenvalue weighted by molar-refractivity contribution is -0.138. The number of halogens is 3. The van der Waals surface area contributed by atoms with Gasteiger partial charge in [-0.25, -0.2) is 0 Å². The van der Waals surface area contributed by atoms with E-state index in [4.69, 9.17) is 4.74 Å². The van der Waals surface area contributed by atoms with Crippen molar-refractivity contribution in [3.63, 3.8) is 0 Å². The van der Waals surface area contributed by atoms with Crippen molar-refractivity contribution in [1.82, 2.24) is 10.6 Å². The summed E-state index contributed by atoms with van der Waals surface area (Å²) >= 11 is 0. The molecular formula is C38H38F3N3O3. The van der Waals surface area contributed by atoms with Gasteiger partial charge in [-0.05, 0) is 90.3 Å². The molecule has 0 radical (unpaired) electrons. The van der Waals surface area contributed by atoms with Crippen molar-refractivity contribution in [1.29, 1.82) is 0 Å². The zero-order chi connectivity index (χ0) is 33.0. The van der Waals surface area contributed by atoms with E-state index in [2.05, 4.69) is 22.5 Å². The molecule has 47 heavy (non-hydrogen) atoms. The lowest BCUT2D eigenvalue weighted by Gasteiger charge is -2.39. The molecule has 1 heterocycles. The number of fused-ring (bicyclic) bond motifs is 3. The number of unbranched alkanes of at least 4 members (excludes halogenated alkanes) is 1. The molecule has 4 aromatic carbocycles. The molecule has 2 N–H and O–H groups in total. The molecular weight excluding hydrogens is 603 g/mol. The lowest BCUT2D eigenvalue weighted by atomic mass is 9.88.